The fourth-order valence-electron chi connectivity index (χ4n) is 3.44. The molecule has 0 saturated carbocycles. The molecule has 1 aromatic heterocycles. The van der Waals surface area contributed by atoms with E-state index in [-0.39, 0.29) is 16.8 Å². The smallest absolute Gasteiger partial charge is 0.262 e. The Morgan fingerprint density at radius 3 is 2.58 bits per heavy atom. The molecule has 0 spiro atoms. The van der Waals surface area contributed by atoms with Crippen LogP contribution in [0.4, 0.5) is 5.69 Å². The summed E-state index contributed by atoms with van der Waals surface area (Å²) in [7, 11) is 0.0458. The molecule has 8 nitrogen and oxygen atoms in total. The van der Waals surface area contributed by atoms with E-state index in [1.807, 2.05) is 36.5 Å². The monoisotopic (exact) mass is 487 g/mol. The lowest BCUT2D eigenvalue weighted by atomic mass is 10.1. The van der Waals surface area contributed by atoms with Crippen molar-refractivity contribution in [3.05, 3.63) is 70.4 Å². The van der Waals surface area contributed by atoms with Gasteiger partial charge in [-0.15, -0.1) is 11.3 Å². The molecule has 0 bridgehead atoms. The molecule has 0 fully saturated rings. The fraction of sp³-hybridized carbons (Fsp3) is 0.261. The van der Waals surface area contributed by atoms with Crippen LogP contribution in [0.2, 0.25) is 0 Å². The van der Waals surface area contributed by atoms with Gasteiger partial charge in [0.2, 0.25) is 0 Å². The van der Waals surface area contributed by atoms with E-state index in [1.165, 1.54) is 18.2 Å². The van der Waals surface area contributed by atoms with Crippen molar-refractivity contribution in [3.8, 4) is 11.5 Å². The van der Waals surface area contributed by atoms with E-state index in [0.717, 1.165) is 4.88 Å². The van der Waals surface area contributed by atoms with Gasteiger partial charge in [-0.05, 0) is 55.9 Å². The van der Waals surface area contributed by atoms with E-state index >= 15 is 0 Å². The van der Waals surface area contributed by atoms with E-state index in [0.29, 0.717) is 42.5 Å². The van der Waals surface area contributed by atoms with E-state index < -0.39 is 10.0 Å². The predicted molar refractivity (Wildman–Crippen MR) is 128 cm³/mol. The zero-order chi connectivity index (χ0) is 23.4. The molecule has 0 unspecified atom stereocenters. The van der Waals surface area contributed by atoms with E-state index in [4.69, 9.17) is 9.47 Å². The summed E-state index contributed by atoms with van der Waals surface area (Å²) in [6.07, 6.45) is 0. The Labute approximate surface area is 197 Å². The summed E-state index contributed by atoms with van der Waals surface area (Å²) in [5.41, 5.74) is 0.654. The van der Waals surface area contributed by atoms with Crippen molar-refractivity contribution < 1.29 is 22.7 Å². The van der Waals surface area contributed by atoms with Gasteiger partial charge in [0.05, 0.1) is 10.9 Å². The molecule has 1 amide bonds. The molecule has 1 atom stereocenters. The number of sulfonamides is 1. The Morgan fingerprint density at radius 1 is 1.06 bits per heavy atom. The number of fused-ring (bicyclic) bond motifs is 1. The zero-order valence-electron chi connectivity index (χ0n) is 18.3. The lowest BCUT2D eigenvalue weighted by molar-refractivity contribution is 0.0942. The van der Waals surface area contributed by atoms with Gasteiger partial charge in [-0.3, -0.25) is 9.52 Å². The molecule has 2 N–H and O–H groups in total. The molecule has 1 aliphatic rings. The maximum atomic E-state index is 12.9. The lowest BCUT2D eigenvalue weighted by Crippen LogP contribution is -2.34. The number of nitrogens with zero attached hydrogens (tertiary/aromatic N) is 1. The number of carbonyl (C=O) groups is 1. The number of carbonyl (C=O) groups excluding carboxylic acids is 1. The van der Waals surface area contributed by atoms with Crippen LogP contribution in [0.1, 0.15) is 21.3 Å². The summed E-state index contributed by atoms with van der Waals surface area (Å²) >= 11 is 1.64. The van der Waals surface area contributed by atoms with Gasteiger partial charge in [0.25, 0.3) is 15.9 Å². The second-order valence-corrected chi connectivity index (χ2v) is 10.4. The van der Waals surface area contributed by atoms with Gasteiger partial charge in [-0.2, -0.15) is 0 Å². The minimum Gasteiger partial charge on any atom is -0.486 e. The lowest BCUT2D eigenvalue weighted by Gasteiger charge is -2.23. The van der Waals surface area contributed by atoms with Crippen molar-refractivity contribution in [3.63, 3.8) is 0 Å². The average Bonchev–Trinajstić information content (AvgIpc) is 3.33. The van der Waals surface area contributed by atoms with Crippen molar-refractivity contribution >= 4 is 33.0 Å². The second kappa shape index (κ2) is 9.82. The van der Waals surface area contributed by atoms with Gasteiger partial charge in [-0.25, -0.2) is 8.42 Å². The first kappa shape index (κ1) is 23.1. The highest BCUT2D eigenvalue weighted by atomic mass is 32.2. The Morgan fingerprint density at radius 2 is 1.85 bits per heavy atom. The standard InChI is InChI=1S/C23H25N3O5S2/c1-26(2)19(22-7-4-12-32-22)15-24-23(27)16-5-3-6-17(13-16)25-33(28,29)18-8-9-20-21(14-18)31-11-10-30-20/h3-9,12-14,19,25H,10-11,15H2,1-2H3,(H,24,27)/t19-/m1/s1. The molecule has 33 heavy (non-hydrogen) atoms. The van der Waals surface area contributed by atoms with E-state index in [2.05, 4.69) is 10.0 Å². The van der Waals surface area contributed by atoms with Crippen LogP contribution in [0.15, 0.2) is 64.9 Å². The molecule has 2 heterocycles. The molecule has 3 aromatic rings. The molecular formula is C23H25N3O5S2. The van der Waals surface area contributed by atoms with Crippen molar-refractivity contribution in [2.24, 2.45) is 0 Å². The van der Waals surface area contributed by atoms with Crippen LogP contribution in [0.25, 0.3) is 0 Å². The summed E-state index contributed by atoms with van der Waals surface area (Å²) in [4.78, 5) is 16.0. The van der Waals surface area contributed by atoms with Crippen molar-refractivity contribution in [1.82, 2.24) is 10.2 Å². The van der Waals surface area contributed by atoms with Crippen LogP contribution in [0, 0.1) is 0 Å². The quantitative estimate of drug-likeness (QED) is 0.506. The summed E-state index contributed by atoms with van der Waals surface area (Å²) in [6.45, 7) is 1.22. The first-order chi connectivity index (χ1) is 15.8. The Hall–Kier alpha value is -3.08. The number of hydrogen-bond acceptors (Lipinski definition) is 7. The minimum absolute atomic E-state index is 0.0471. The third-order valence-corrected chi connectivity index (χ3v) is 7.50. The second-order valence-electron chi connectivity index (χ2n) is 7.70. The molecule has 2 aromatic carbocycles. The van der Waals surface area contributed by atoms with Gasteiger partial charge >= 0.3 is 0 Å². The summed E-state index contributed by atoms with van der Waals surface area (Å²) < 4.78 is 39.2. The number of likely N-dealkylation sites (N-methyl/N-ethyl adjacent to an activating group) is 1. The molecular weight excluding hydrogens is 462 g/mol. The average molecular weight is 488 g/mol. The van der Waals surface area contributed by atoms with Crippen LogP contribution < -0.4 is 19.5 Å². The number of nitrogens with one attached hydrogen (secondary N) is 2. The van der Waals surface area contributed by atoms with E-state index in [9.17, 15) is 13.2 Å². The Bertz CT molecular complexity index is 1230. The summed E-state index contributed by atoms with van der Waals surface area (Å²) in [5, 5.41) is 4.95. The molecule has 4 rings (SSSR count). The first-order valence-corrected chi connectivity index (χ1v) is 12.7. The number of benzene rings is 2. The number of amides is 1. The van der Waals surface area contributed by atoms with Crippen molar-refractivity contribution in [2.45, 2.75) is 10.9 Å². The van der Waals surface area contributed by atoms with Crippen molar-refractivity contribution in [2.75, 3.05) is 38.6 Å². The number of thiophene rings is 1. The number of ether oxygens (including phenoxy) is 2. The van der Waals surface area contributed by atoms with Gasteiger partial charge in [-0.1, -0.05) is 12.1 Å². The third kappa shape index (κ3) is 5.47. The minimum atomic E-state index is -3.88. The van der Waals surface area contributed by atoms with Crippen LogP contribution in [-0.4, -0.2) is 53.1 Å². The molecule has 174 valence electrons. The van der Waals surface area contributed by atoms with E-state index in [1.54, 1.807) is 35.6 Å². The molecule has 0 radical (unpaired) electrons. The largest absolute Gasteiger partial charge is 0.486 e. The molecule has 1 aliphatic heterocycles. The van der Waals surface area contributed by atoms with Gasteiger partial charge in [0.15, 0.2) is 11.5 Å². The van der Waals surface area contributed by atoms with Crippen LogP contribution in [0.3, 0.4) is 0 Å². The Kier molecular flexibility index (Phi) is 6.87. The maximum absolute atomic E-state index is 12.9. The summed E-state index contributed by atoms with van der Waals surface area (Å²) in [5.74, 6) is 0.620. The van der Waals surface area contributed by atoms with Crippen LogP contribution in [-0.2, 0) is 10.0 Å². The highest BCUT2D eigenvalue weighted by Crippen LogP contribution is 2.32. The third-order valence-electron chi connectivity index (χ3n) is 5.15. The van der Waals surface area contributed by atoms with Crippen LogP contribution >= 0.6 is 11.3 Å². The topological polar surface area (TPSA) is 97.0 Å². The molecule has 0 aliphatic carbocycles. The molecule has 10 heteroatoms. The molecule has 0 saturated heterocycles. The van der Waals surface area contributed by atoms with Gasteiger partial charge in [0, 0.05) is 28.7 Å². The number of hydrogen-bond donors (Lipinski definition) is 2. The zero-order valence-corrected chi connectivity index (χ0v) is 19.9. The van der Waals surface area contributed by atoms with Gasteiger partial charge < -0.3 is 19.7 Å². The summed E-state index contributed by atoms with van der Waals surface area (Å²) in [6, 6.07) is 14.9. The fourth-order valence-corrected chi connectivity index (χ4v) is 5.43. The maximum Gasteiger partial charge on any atom is 0.262 e. The normalized spacial score (nSPS) is 14.0. The highest BCUT2D eigenvalue weighted by Gasteiger charge is 2.21. The Balaban J connectivity index is 1.45. The van der Waals surface area contributed by atoms with Gasteiger partial charge in [0.1, 0.15) is 13.2 Å². The predicted octanol–water partition coefficient (Wildman–Crippen LogP) is 3.35. The van der Waals surface area contributed by atoms with Crippen LogP contribution in [0.5, 0.6) is 11.5 Å². The van der Waals surface area contributed by atoms with Crippen molar-refractivity contribution in [1.29, 1.82) is 0 Å². The SMILES string of the molecule is CN(C)[C@H](CNC(=O)c1cccc(NS(=O)(=O)c2ccc3c(c2)OCCO3)c1)c1cccs1. The highest BCUT2D eigenvalue weighted by molar-refractivity contribution is 7.92. The first-order valence-electron chi connectivity index (χ1n) is 10.3. The number of rotatable bonds is 8. The number of anilines is 1.